The van der Waals surface area contributed by atoms with Crippen molar-refractivity contribution in [3.05, 3.63) is 0 Å². The highest BCUT2D eigenvalue weighted by Crippen LogP contribution is 2.28. The number of nitrogens with zero attached hydrogens (tertiary/aromatic N) is 1. The lowest BCUT2D eigenvalue weighted by Gasteiger charge is -2.11. The van der Waals surface area contributed by atoms with Crippen LogP contribution >= 0.6 is 12.6 Å². The number of fused-ring (bicyclic) bond motifs is 1. The molecule has 0 aromatic carbocycles. The van der Waals surface area contributed by atoms with Gasteiger partial charge in [-0.1, -0.05) is 18.5 Å². The van der Waals surface area contributed by atoms with E-state index in [4.69, 9.17) is 4.74 Å². The molecule has 2 heterocycles. The predicted molar refractivity (Wildman–Crippen MR) is 51.0 cm³/mol. The molecule has 2 aliphatic rings. The van der Waals surface area contributed by atoms with Crippen molar-refractivity contribution in [3.63, 3.8) is 0 Å². The largest absolute Gasteiger partial charge is 0.377 e. The highest BCUT2D eigenvalue weighted by molar-refractivity contribution is 7.85. The van der Waals surface area contributed by atoms with Gasteiger partial charge in [0.1, 0.15) is 0 Å². The van der Waals surface area contributed by atoms with E-state index < -0.39 is 0 Å². The Morgan fingerprint density at radius 3 is 3.17 bits per heavy atom. The summed E-state index contributed by atoms with van der Waals surface area (Å²) < 4.78 is 5.58. The SMILES string of the molecule is SC#CCN1CC2CCOC2C1. The van der Waals surface area contributed by atoms with Crippen molar-refractivity contribution in [2.45, 2.75) is 12.5 Å². The second kappa shape index (κ2) is 3.69. The van der Waals surface area contributed by atoms with Crippen molar-refractivity contribution < 1.29 is 4.74 Å². The minimum atomic E-state index is 0.492. The van der Waals surface area contributed by atoms with Crippen molar-refractivity contribution in [2.24, 2.45) is 5.92 Å². The average Bonchev–Trinajstić information content (AvgIpc) is 2.58. The minimum Gasteiger partial charge on any atom is -0.377 e. The first-order valence-corrected chi connectivity index (χ1v) is 4.81. The number of rotatable bonds is 1. The van der Waals surface area contributed by atoms with Crippen LogP contribution in [0.4, 0.5) is 0 Å². The van der Waals surface area contributed by atoms with E-state index in [1.165, 1.54) is 6.42 Å². The number of thiol groups is 1. The lowest BCUT2D eigenvalue weighted by molar-refractivity contribution is 0.101. The molecule has 0 bridgehead atoms. The quantitative estimate of drug-likeness (QED) is 0.472. The average molecular weight is 183 g/mol. The third-order valence-electron chi connectivity index (χ3n) is 2.66. The zero-order valence-electron chi connectivity index (χ0n) is 6.99. The summed E-state index contributed by atoms with van der Waals surface area (Å²) in [7, 11) is 0. The molecule has 0 N–H and O–H groups in total. The fourth-order valence-corrected chi connectivity index (χ4v) is 2.11. The summed E-state index contributed by atoms with van der Waals surface area (Å²) in [5.41, 5.74) is 0. The van der Waals surface area contributed by atoms with Crippen LogP contribution in [0.15, 0.2) is 0 Å². The third-order valence-corrected chi connectivity index (χ3v) is 2.82. The van der Waals surface area contributed by atoms with Gasteiger partial charge in [-0.3, -0.25) is 4.90 Å². The molecule has 0 radical (unpaired) electrons. The van der Waals surface area contributed by atoms with Crippen LogP contribution in [0.2, 0.25) is 0 Å². The van der Waals surface area contributed by atoms with Crippen LogP contribution in [0.1, 0.15) is 6.42 Å². The van der Waals surface area contributed by atoms with E-state index in [0.717, 1.165) is 32.2 Å². The fourth-order valence-electron chi connectivity index (χ4n) is 2.04. The molecule has 3 heteroatoms. The lowest BCUT2D eigenvalue weighted by atomic mass is 10.1. The highest BCUT2D eigenvalue weighted by Gasteiger charge is 2.36. The standard InChI is InChI=1S/C9H13NOS/c12-5-1-3-10-6-8-2-4-11-9(8)7-10/h8-9,12H,2-4,6-7H2. The molecule has 2 unspecified atom stereocenters. The summed E-state index contributed by atoms with van der Waals surface area (Å²) in [4.78, 5) is 2.34. The molecule has 12 heavy (non-hydrogen) atoms. The maximum Gasteiger partial charge on any atom is 0.0743 e. The van der Waals surface area contributed by atoms with Crippen LogP contribution in [0.5, 0.6) is 0 Å². The Bertz CT molecular complexity index is 208. The van der Waals surface area contributed by atoms with Gasteiger partial charge in [0.2, 0.25) is 0 Å². The van der Waals surface area contributed by atoms with Crippen LogP contribution in [-0.4, -0.2) is 37.2 Å². The molecule has 66 valence electrons. The Morgan fingerprint density at radius 1 is 1.50 bits per heavy atom. The van der Waals surface area contributed by atoms with E-state index in [0.29, 0.717) is 6.10 Å². The number of hydrogen-bond acceptors (Lipinski definition) is 3. The first kappa shape index (κ1) is 8.43. The van der Waals surface area contributed by atoms with Gasteiger partial charge in [-0.05, 0) is 11.7 Å². The van der Waals surface area contributed by atoms with E-state index in [2.05, 4.69) is 28.7 Å². The molecule has 2 atom stereocenters. The Kier molecular flexibility index (Phi) is 2.60. The summed E-state index contributed by atoms with van der Waals surface area (Å²) in [5.74, 6) is 3.73. The second-order valence-electron chi connectivity index (χ2n) is 3.44. The summed E-state index contributed by atoms with van der Waals surface area (Å²) in [6.07, 6.45) is 1.72. The summed E-state index contributed by atoms with van der Waals surface area (Å²) in [6, 6.07) is 0. The van der Waals surface area contributed by atoms with Gasteiger partial charge in [0.15, 0.2) is 0 Å². The van der Waals surface area contributed by atoms with Crippen molar-refractivity contribution in [2.75, 3.05) is 26.2 Å². The van der Waals surface area contributed by atoms with Gasteiger partial charge in [0.25, 0.3) is 0 Å². The Balaban J connectivity index is 1.85. The molecule has 2 saturated heterocycles. The van der Waals surface area contributed by atoms with E-state index >= 15 is 0 Å². The zero-order chi connectivity index (χ0) is 8.39. The van der Waals surface area contributed by atoms with Gasteiger partial charge in [-0.25, -0.2) is 0 Å². The van der Waals surface area contributed by atoms with Crippen LogP contribution in [0.25, 0.3) is 0 Å². The first-order valence-electron chi connectivity index (χ1n) is 4.36. The molecule has 2 rings (SSSR count). The maximum atomic E-state index is 5.58. The van der Waals surface area contributed by atoms with E-state index in [1.807, 2.05) is 0 Å². The van der Waals surface area contributed by atoms with Crippen LogP contribution in [0, 0.1) is 17.1 Å². The molecule has 2 nitrogen and oxygen atoms in total. The molecular formula is C9H13NOS. The molecule has 2 aliphatic heterocycles. The summed E-state index contributed by atoms with van der Waals surface area (Å²) >= 11 is 3.86. The van der Waals surface area contributed by atoms with Gasteiger partial charge in [-0.15, -0.1) is 0 Å². The highest BCUT2D eigenvalue weighted by atomic mass is 32.1. The van der Waals surface area contributed by atoms with Gasteiger partial charge in [0.05, 0.1) is 12.6 Å². The van der Waals surface area contributed by atoms with Gasteiger partial charge < -0.3 is 4.74 Å². The van der Waals surface area contributed by atoms with Crippen molar-refractivity contribution >= 4 is 12.6 Å². The Hall–Kier alpha value is -0.170. The smallest absolute Gasteiger partial charge is 0.0743 e. The number of ether oxygens (including phenoxy) is 1. The lowest BCUT2D eigenvalue weighted by Crippen LogP contribution is -2.23. The van der Waals surface area contributed by atoms with Crippen molar-refractivity contribution in [3.8, 4) is 11.2 Å². The van der Waals surface area contributed by atoms with Crippen LogP contribution in [0.3, 0.4) is 0 Å². The van der Waals surface area contributed by atoms with E-state index in [1.54, 1.807) is 0 Å². The molecule has 0 spiro atoms. The molecule has 0 amide bonds. The van der Waals surface area contributed by atoms with E-state index in [9.17, 15) is 0 Å². The molecule has 0 aromatic rings. The number of hydrogen-bond donors (Lipinski definition) is 1. The molecule has 0 aromatic heterocycles. The molecule has 0 aliphatic carbocycles. The fraction of sp³-hybridized carbons (Fsp3) is 0.778. The van der Waals surface area contributed by atoms with Crippen molar-refractivity contribution in [1.29, 1.82) is 0 Å². The normalized spacial score (nSPS) is 34.4. The van der Waals surface area contributed by atoms with Crippen LogP contribution < -0.4 is 0 Å². The van der Waals surface area contributed by atoms with E-state index in [-0.39, 0.29) is 0 Å². The Labute approximate surface area is 78.7 Å². The monoisotopic (exact) mass is 183 g/mol. The second-order valence-corrected chi connectivity index (χ2v) is 3.66. The Morgan fingerprint density at radius 2 is 2.42 bits per heavy atom. The zero-order valence-corrected chi connectivity index (χ0v) is 7.89. The third kappa shape index (κ3) is 1.61. The first-order chi connectivity index (χ1) is 5.90. The summed E-state index contributed by atoms with van der Waals surface area (Å²) in [6.45, 7) is 4.03. The van der Waals surface area contributed by atoms with Gasteiger partial charge >= 0.3 is 0 Å². The van der Waals surface area contributed by atoms with Gasteiger partial charge in [0, 0.05) is 25.6 Å². The molecule has 2 fully saturated rings. The molecular weight excluding hydrogens is 170 g/mol. The van der Waals surface area contributed by atoms with Crippen molar-refractivity contribution in [1.82, 2.24) is 4.90 Å². The maximum absolute atomic E-state index is 5.58. The van der Waals surface area contributed by atoms with Gasteiger partial charge in [-0.2, -0.15) is 0 Å². The molecule has 0 saturated carbocycles. The topological polar surface area (TPSA) is 12.5 Å². The summed E-state index contributed by atoms with van der Waals surface area (Å²) in [5, 5.41) is 2.62. The minimum absolute atomic E-state index is 0.492. The number of likely N-dealkylation sites (tertiary alicyclic amines) is 1. The van der Waals surface area contributed by atoms with Crippen LogP contribution in [-0.2, 0) is 4.74 Å². The predicted octanol–water partition coefficient (Wildman–Crippen LogP) is 0.598.